The van der Waals surface area contributed by atoms with Gasteiger partial charge < -0.3 is 25.3 Å². The van der Waals surface area contributed by atoms with Crippen LogP contribution in [0.5, 0.6) is 0 Å². The van der Waals surface area contributed by atoms with Crippen LogP contribution in [0, 0.1) is 0 Å². The van der Waals surface area contributed by atoms with Crippen LogP contribution in [0.1, 0.15) is 245 Å². The van der Waals surface area contributed by atoms with E-state index >= 15 is 0 Å². The van der Waals surface area contributed by atoms with Crippen molar-refractivity contribution in [2.45, 2.75) is 245 Å². The first-order valence-electron chi connectivity index (χ1n) is 24.0. The lowest BCUT2D eigenvalue weighted by Crippen LogP contribution is -2.25. The Morgan fingerprint density at radius 3 is 0.750 bits per heavy atom. The van der Waals surface area contributed by atoms with Crippen LogP contribution in [0.25, 0.3) is 0 Å². The fourth-order valence-electron chi connectivity index (χ4n) is 6.80. The number of aliphatic hydroxyl groups is 2. The maximum absolute atomic E-state index is 10.3. The van der Waals surface area contributed by atoms with E-state index in [1.54, 1.807) is 12.2 Å². The zero-order valence-electron chi connectivity index (χ0n) is 37.6. The molecule has 0 aromatic carbocycles. The number of hydrogen-bond acceptors (Lipinski definition) is 5. The van der Waals surface area contributed by atoms with Crippen molar-refractivity contribution in [1.82, 2.24) is 4.90 Å². The van der Waals surface area contributed by atoms with Crippen molar-refractivity contribution >= 4 is 11.9 Å². The first-order valence-corrected chi connectivity index (χ1v) is 24.0. The third-order valence-corrected chi connectivity index (χ3v) is 10.4. The molecule has 0 amide bonds. The molecule has 0 aliphatic rings. The van der Waals surface area contributed by atoms with E-state index in [4.69, 9.17) is 20.4 Å². The van der Waals surface area contributed by atoms with Crippen molar-refractivity contribution in [3.8, 4) is 0 Å². The van der Waals surface area contributed by atoms with Gasteiger partial charge in [0.15, 0.2) is 0 Å². The normalized spacial score (nSPS) is 11.2. The summed E-state index contributed by atoms with van der Waals surface area (Å²) < 4.78 is 0. The number of carbonyl (C=O) groups is 2. The number of hydrogen-bond donors (Lipinski definition) is 4. The van der Waals surface area contributed by atoms with E-state index in [2.05, 4.69) is 13.8 Å². The molecule has 7 heteroatoms. The highest BCUT2D eigenvalue weighted by Gasteiger charge is 1.97. The Hall–Kier alpha value is -1.70. The third kappa shape index (κ3) is 64.2. The highest BCUT2D eigenvalue weighted by atomic mass is 16.4. The highest BCUT2D eigenvalue weighted by molar-refractivity contribution is 5.79. The van der Waals surface area contributed by atoms with Crippen LogP contribution in [0.15, 0.2) is 24.3 Å². The van der Waals surface area contributed by atoms with Crippen LogP contribution >= 0.6 is 0 Å². The lowest BCUT2D eigenvalue weighted by Gasteiger charge is -2.11. The molecule has 0 spiro atoms. The Kier molecular flexibility index (Phi) is 58.0. The van der Waals surface area contributed by atoms with E-state index in [1.165, 1.54) is 218 Å². The van der Waals surface area contributed by atoms with Crippen LogP contribution in [0.3, 0.4) is 0 Å². The molecule has 0 aliphatic carbocycles. The summed E-state index contributed by atoms with van der Waals surface area (Å²) in [5.74, 6) is -1.66. The molecular formula is C49H97NO6. The highest BCUT2D eigenvalue weighted by Crippen LogP contribution is 2.16. The zero-order chi connectivity index (χ0) is 41.8. The van der Waals surface area contributed by atoms with Gasteiger partial charge in [-0.05, 0) is 32.7 Å². The minimum atomic E-state index is -0.832. The first kappa shape index (κ1) is 58.6. The average Bonchev–Trinajstić information content (AvgIpc) is 3.17. The molecule has 7 nitrogen and oxygen atoms in total. The average molecular weight is 796 g/mol. The molecule has 56 heavy (non-hydrogen) atoms. The van der Waals surface area contributed by atoms with Crippen molar-refractivity contribution in [3.63, 3.8) is 0 Å². The summed E-state index contributed by atoms with van der Waals surface area (Å²) in [5.41, 5.74) is 0. The van der Waals surface area contributed by atoms with Crippen LogP contribution in [-0.4, -0.2) is 70.6 Å². The van der Waals surface area contributed by atoms with Gasteiger partial charge in [-0.3, -0.25) is 0 Å². The Bertz CT molecular complexity index is 737. The van der Waals surface area contributed by atoms with Crippen molar-refractivity contribution in [2.24, 2.45) is 0 Å². The maximum Gasteiger partial charge on any atom is 0.327 e. The molecule has 0 saturated carbocycles. The van der Waals surface area contributed by atoms with Gasteiger partial charge in [-0.1, -0.05) is 231 Å². The van der Waals surface area contributed by atoms with Crippen LogP contribution < -0.4 is 0 Å². The van der Waals surface area contributed by atoms with E-state index in [0.29, 0.717) is 13.1 Å². The molecule has 0 aromatic heterocycles. The van der Waals surface area contributed by atoms with Crippen LogP contribution in [0.4, 0.5) is 0 Å². The predicted octanol–water partition coefficient (Wildman–Crippen LogP) is 14.2. The molecule has 0 aliphatic heterocycles. The molecule has 0 saturated heterocycles. The number of rotatable bonds is 42. The number of carboxylic acids is 2. The summed E-state index contributed by atoms with van der Waals surface area (Å²) in [7, 11) is 1.85. The lowest BCUT2D eigenvalue weighted by atomic mass is 10.0. The largest absolute Gasteiger partial charge is 0.478 e. The molecular weight excluding hydrogens is 699 g/mol. The van der Waals surface area contributed by atoms with E-state index in [1.807, 2.05) is 11.9 Å². The zero-order valence-corrected chi connectivity index (χ0v) is 37.6. The fraction of sp³-hybridized carbons (Fsp3) is 0.878. The number of carboxylic acid groups (broad SMARTS) is 2. The number of aliphatic carboxylic acids is 2. The third-order valence-electron chi connectivity index (χ3n) is 10.4. The molecule has 0 unspecified atom stereocenters. The topological polar surface area (TPSA) is 118 Å². The van der Waals surface area contributed by atoms with Gasteiger partial charge in [0.25, 0.3) is 0 Å². The minimum absolute atomic E-state index is 0.163. The Morgan fingerprint density at radius 2 is 0.571 bits per heavy atom. The summed E-state index contributed by atoms with van der Waals surface area (Å²) >= 11 is 0. The second-order valence-corrected chi connectivity index (χ2v) is 16.1. The second kappa shape index (κ2) is 55.4. The van der Waals surface area contributed by atoms with Crippen molar-refractivity contribution in [2.75, 3.05) is 33.4 Å². The summed E-state index contributed by atoms with van der Waals surface area (Å²) in [4.78, 5) is 22.5. The van der Waals surface area contributed by atoms with Crippen molar-refractivity contribution < 1.29 is 30.0 Å². The Labute approximate surface area is 348 Å². The van der Waals surface area contributed by atoms with Gasteiger partial charge >= 0.3 is 11.9 Å². The fourth-order valence-corrected chi connectivity index (χ4v) is 6.80. The van der Waals surface area contributed by atoms with Gasteiger partial charge in [0, 0.05) is 25.2 Å². The molecule has 0 bridgehead atoms. The summed E-state index contributed by atoms with van der Waals surface area (Å²) in [5, 5.41) is 33.6. The van der Waals surface area contributed by atoms with Gasteiger partial charge in [0.2, 0.25) is 0 Å². The van der Waals surface area contributed by atoms with Gasteiger partial charge in [0.05, 0.1) is 13.2 Å². The number of unbranched alkanes of at least 4 members (excludes halogenated alkanes) is 34. The van der Waals surface area contributed by atoms with Gasteiger partial charge in [-0.25, -0.2) is 9.59 Å². The van der Waals surface area contributed by atoms with E-state index in [-0.39, 0.29) is 13.2 Å². The lowest BCUT2D eigenvalue weighted by molar-refractivity contribution is -0.132. The smallest absolute Gasteiger partial charge is 0.327 e. The molecule has 0 rings (SSSR count). The molecule has 0 fully saturated rings. The van der Waals surface area contributed by atoms with Crippen molar-refractivity contribution in [1.29, 1.82) is 0 Å². The van der Waals surface area contributed by atoms with E-state index in [0.717, 1.165) is 25.7 Å². The number of aliphatic hydroxyl groups excluding tert-OH is 2. The van der Waals surface area contributed by atoms with Crippen molar-refractivity contribution in [3.05, 3.63) is 24.3 Å². The second-order valence-electron chi connectivity index (χ2n) is 16.1. The number of nitrogens with zero attached hydrogens (tertiary/aromatic N) is 1. The maximum atomic E-state index is 10.3. The summed E-state index contributed by atoms with van der Waals surface area (Å²) in [6.07, 6.45) is 54.9. The number of likely N-dealkylation sites (N-methyl/N-ethyl adjacent to an activating group) is 1. The van der Waals surface area contributed by atoms with Gasteiger partial charge in [-0.2, -0.15) is 0 Å². The predicted molar refractivity (Wildman–Crippen MR) is 243 cm³/mol. The molecule has 334 valence electrons. The minimum Gasteiger partial charge on any atom is -0.478 e. The Balaban J connectivity index is -0.000000839. The first-order chi connectivity index (χ1) is 27.3. The molecule has 0 atom stereocenters. The quantitative estimate of drug-likeness (QED) is 0.0359. The van der Waals surface area contributed by atoms with Crippen LogP contribution in [0.2, 0.25) is 0 Å². The molecule has 0 heterocycles. The van der Waals surface area contributed by atoms with E-state index in [9.17, 15) is 9.59 Å². The van der Waals surface area contributed by atoms with Gasteiger partial charge in [0.1, 0.15) is 0 Å². The SMILES string of the molecule is CCCCCCCCCCCCCCCCCCCC=CC(=O)O.CCCCCCCCCCCCCCCCCCCC=CC(=O)O.CN(CCO)CCO. The summed E-state index contributed by atoms with van der Waals surface area (Å²) in [6.45, 7) is 6.17. The van der Waals surface area contributed by atoms with Crippen LogP contribution in [-0.2, 0) is 9.59 Å². The van der Waals surface area contributed by atoms with Gasteiger partial charge in [-0.15, -0.1) is 0 Å². The summed E-state index contributed by atoms with van der Waals surface area (Å²) in [6, 6.07) is 0. The number of allylic oxidation sites excluding steroid dienone is 2. The monoisotopic (exact) mass is 796 g/mol. The molecule has 4 N–H and O–H groups in total. The standard InChI is InChI=1S/2C22H42O2.C5H13NO2/c2*1-2-3-4-5-6-7-8-9-10-11-12-13-14-15-16-17-18-19-20-21-22(23)24;1-6(2-4-7)3-5-8/h2*20-21H,2-19H2,1H3,(H,23,24);7-8H,2-5H2,1H3. The molecule has 0 aromatic rings. The Morgan fingerprint density at radius 1 is 0.375 bits per heavy atom. The molecule has 0 radical (unpaired) electrons. The van der Waals surface area contributed by atoms with E-state index < -0.39 is 11.9 Å².